The number of nitrogens with zero attached hydrogens (tertiary/aromatic N) is 2. The number of amides is 2. The third kappa shape index (κ3) is 5.32. The molecule has 1 aromatic heterocycles. The van der Waals surface area contributed by atoms with E-state index in [1.807, 2.05) is 6.07 Å². The first-order valence-corrected chi connectivity index (χ1v) is 10.3. The SMILES string of the molecule is CN(CC(=O)Nc1nc2c(s1)CC(c1ccccc1)CC2)C(=O)OC(C)(C)C. The van der Waals surface area contributed by atoms with E-state index in [0.29, 0.717) is 11.0 Å². The summed E-state index contributed by atoms with van der Waals surface area (Å²) in [5, 5.41) is 3.42. The zero-order valence-corrected chi connectivity index (χ0v) is 17.6. The maximum absolute atomic E-state index is 12.3. The molecule has 0 bridgehead atoms. The van der Waals surface area contributed by atoms with Gasteiger partial charge >= 0.3 is 6.09 Å². The Morgan fingerprint density at radius 1 is 1.29 bits per heavy atom. The molecular weight excluding hydrogens is 374 g/mol. The minimum atomic E-state index is -0.592. The van der Waals surface area contributed by atoms with E-state index >= 15 is 0 Å². The van der Waals surface area contributed by atoms with Crippen LogP contribution in [0.5, 0.6) is 0 Å². The van der Waals surface area contributed by atoms with Crippen LogP contribution in [0.3, 0.4) is 0 Å². The van der Waals surface area contributed by atoms with Crippen LogP contribution in [0.2, 0.25) is 0 Å². The molecule has 7 heteroatoms. The van der Waals surface area contributed by atoms with Crippen LogP contribution in [-0.2, 0) is 22.4 Å². The normalized spacial score (nSPS) is 16.2. The monoisotopic (exact) mass is 401 g/mol. The second-order valence-corrected chi connectivity index (χ2v) is 9.21. The fourth-order valence-corrected chi connectivity index (χ4v) is 4.32. The molecule has 3 rings (SSSR count). The van der Waals surface area contributed by atoms with Crippen LogP contribution in [-0.4, -0.2) is 41.1 Å². The van der Waals surface area contributed by atoms with Crippen LogP contribution >= 0.6 is 11.3 Å². The number of fused-ring (bicyclic) bond motifs is 1. The number of hydrogen-bond donors (Lipinski definition) is 1. The number of benzene rings is 1. The molecule has 1 aliphatic rings. The highest BCUT2D eigenvalue weighted by Crippen LogP contribution is 2.36. The molecule has 1 heterocycles. The second kappa shape index (κ2) is 8.31. The number of thiazole rings is 1. The number of aryl methyl sites for hydroxylation is 1. The molecule has 0 radical (unpaired) electrons. The first-order valence-electron chi connectivity index (χ1n) is 9.49. The summed E-state index contributed by atoms with van der Waals surface area (Å²) in [5.41, 5.74) is 1.84. The van der Waals surface area contributed by atoms with E-state index < -0.39 is 11.7 Å². The van der Waals surface area contributed by atoms with E-state index in [4.69, 9.17) is 4.74 Å². The largest absolute Gasteiger partial charge is 0.444 e. The van der Waals surface area contributed by atoms with Gasteiger partial charge in [0.2, 0.25) is 5.91 Å². The van der Waals surface area contributed by atoms with E-state index in [1.165, 1.54) is 26.7 Å². The fourth-order valence-electron chi connectivity index (χ4n) is 3.22. The Labute approximate surface area is 169 Å². The Morgan fingerprint density at radius 2 is 2.00 bits per heavy atom. The lowest BCUT2D eigenvalue weighted by atomic mass is 9.85. The van der Waals surface area contributed by atoms with Crippen molar-refractivity contribution in [1.29, 1.82) is 0 Å². The summed E-state index contributed by atoms with van der Waals surface area (Å²) >= 11 is 1.53. The summed E-state index contributed by atoms with van der Waals surface area (Å²) in [5.74, 6) is 0.218. The molecule has 1 unspecified atom stereocenters. The summed E-state index contributed by atoms with van der Waals surface area (Å²) in [6.07, 6.45) is 2.41. The summed E-state index contributed by atoms with van der Waals surface area (Å²) in [7, 11) is 1.55. The van der Waals surface area contributed by atoms with E-state index in [2.05, 4.69) is 34.6 Å². The van der Waals surface area contributed by atoms with Crippen molar-refractivity contribution >= 4 is 28.5 Å². The van der Waals surface area contributed by atoms with Gasteiger partial charge in [0.05, 0.1) is 5.69 Å². The van der Waals surface area contributed by atoms with Gasteiger partial charge in [-0.05, 0) is 51.5 Å². The molecule has 1 N–H and O–H groups in total. The van der Waals surface area contributed by atoms with Crippen molar-refractivity contribution in [1.82, 2.24) is 9.88 Å². The standard InChI is InChI=1S/C21H27N3O3S/c1-21(2,3)27-20(26)24(4)13-18(25)23-19-22-16-11-10-15(12-17(16)28-19)14-8-6-5-7-9-14/h5-9,15H,10-13H2,1-4H3,(H,22,23,25). The Hall–Kier alpha value is -2.41. The first kappa shape index (κ1) is 20.3. The summed E-state index contributed by atoms with van der Waals surface area (Å²) < 4.78 is 5.26. The highest BCUT2D eigenvalue weighted by molar-refractivity contribution is 7.15. The predicted molar refractivity (Wildman–Crippen MR) is 111 cm³/mol. The van der Waals surface area contributed by atoms with Gasteiger partial charge in [-0.25, -0.2) is 9.78 Å². The highest BCUT2D eigenvalue weighted by atomic mass is 32.1. The molecule has 0 aliphatic heterocycles. The minimum Gasteiger partial charge on any atom is -0.444 e. The van der Waals surface area contributed by atoms with Crippen molar-refractivity contribution in [2.75, 3.05) is 18.9 Å². The quantitative estimate of drug-likeness (QED) is 0.833. The molecule has 28 heavy (non-hydrogen) atoms. The summed E-state index contributed by atoms with van der Waals surface area (Å²) in [6, 6.07) is 10.5. The maximum atomic E-state index is 12.3. The second-order valence-electron chi connectivity index (χ2n) is 8.12. The van der Waals surface area contributed by atoms with Crippen molar-refractivity contribution in [3.8, 4) is 0 Å². The van der Waals surface area contributed by atoms with Crippen molar-refractivity contribution in [2.24, 2.45) is 0 Å². The van der Waals surface area contributed by atoms with Crippen LogP contribution in [0.4, 0.5) is 9.93 Å². The van der Waals surface area contributed by atoms with Gasteiger partial charge in [0, 0.05) is 11.9 Å². The smallest absolute Gasteiger partial charge is 0.410 e. The van der Waals surface area contributed by atoms with Gasteiger partial charge in [-0.1, -0.05) is 30.3 Å². The molecule has 6 nitrogen and oxygen atoms in total. The number of anilines is 1. The molecule has 1 atom stereocenters. The molecule has 0 saturated heterocycles. The van der Waals surface area contributed by atoms with E-state index in [9.17, 15) is 9.59 Å². The average molecular weight is 402 g/mol. The molecule has 0 fully saturated rings. The Morgan fingerprint density at radius 3 is 2.68 bits per heavy atom. The van der Waals surface area contributed by atoms with Gasteiger partial charge in [0.15, 0.2) is 5.13 Å². The van der Waals surface area contributed by atoms with Crippen LogP contribution in [0.25, 0.3) is 0 Å². The summed E-state index contributed by atoms with van der Waals surface area (Å²) in [4.78, 5) is 31.4. The molecule has 1 aromatic carbocycles. The zero-order valence-electron chi connectivity index (χ0n) is 16.8. The lowest BCUT2D eigenvalue weighted by Crippen LogP contribution is -2.38. The molecule has 0 saturated carbocycles. The van der Waals surface area contributed by atoms with Crippen LogP contribution in [0.1, 0.15) is 49.2 Å². The molecule has 2 amide bonds. The predicted octanol–water partition coefficient (Wildman–Crippen LogP) is 4.22. The van der Waals surface area contributed by atoms with Crippen molar-refractivity contribution in [3.63, 3.8) is 0 Å². The van der Waals surface area contributed by atoms with Gasteiger partial charge in [-0.15, -0.1) is 11.3 Å². The van der Waals surface area contributed by atoms with E-state index in [1.54, 1.807) is 27.8 Å². The van der Waals surface area contributed by atoms with Gasteiger partial charge < -0.3 is 15.0 Å². The third-order valence-corrected chi connectivity index (χ3v) is 5.58. The van der Waals surface area contributed by atoms with E-state index in [-0.39, 0.29) is 12.5 Å². The number of aromatic nitrogens is 1. The lowest BCUT2D eigenvalue weighted by Gasteiger charge is -2.24. The Kier molecular flexibility index (Phi) is 6.03. The maximum Gasteiger partial charge on any atom is 0.410 e. The molecular formula is C21H27N3O3S. The molecule has 0 spiro atoms. The topological polar surface area (TPSA) is 71.5 Å². The van der Waals surface area contributed by atoms with Gasteiger partial charge in [-0.2, -0.15) is 0 Å². The third-order valence-electron chi connectivity index (χ3n) is 4.54. The molecule has 150 valence electrons. The van der Waals surface area contributed by atoms with Gasteiger partial charge in [-0.3, -0.25) is 4.79 Å². The van der Waals surface area contributed by atoms with Crippen molar-refractivity contribution in [2.45, 2.75) is 51.6 Å². The number of rotatable bonds is 4. The Bertz CT molecular complexity index is 842. The van der Waals surface area contributed by atoms with Crippen LogP contribution in [0.15, 0.2) is 30.3 Å². The number of likely N-dealkylation sites (N-methyl/N-ethyl adjacent to an activating group) is 1. The minimum absolute atomic E-state index is 0.0776. The lowest BCUT2D eigenvalue weighted by molar-refractivity contribution is -0.117. The van der Waals surface area contributed by atoms with Crippen molar-refractivity contribution in [3.05, 3.63) is 46.5 Å². The highest BCUT2D eigenvalue weighted by Gasteiger charge is 2.25. The molecule has 2 aromatic rings. The number of hydrogen-bond acceptors (Lipinski definition) is 5. The number of nitrogens with one attached hydrogen (secondary N) is 1. The first-order chi connectivity index (χ1) is 13.2. The fraction of sp³-hybridized carbons (Fsp3) is 0.476. The Balaban J connectivity index is 1.57. The zero-order chi connectivity index (χ0) is 20.3. The number of ether oxygens (including phenoxy) is 1. The van der Waals surface area contributed by atoms with Gasteiger partial charge in [0.1, 0.15) is 12.1 Å². The summed E-state index contributed by atoms with van der Waals surface area (Å²) in [6.45, 7) is 5.30. The number of carbonyl (C=O) groups excluding carboxylic acids is 2. The van der Waals surface area contributed by atoms with Gasteiger partial charge in [0.25, 0.3) is 0 Å². The molecule has 1 aliphatic carbocycles. The average Bonchev–Trinajstić information content (AvgIpc) is 3.02. The van der Waals surface area contributed by atoms with Crippen molar-refractivity contribution < 1.29 is 14.3 Å². The van der Waals surface area contributed by atoms with Crippen LogP contribution in [0, 0.1) is 0 Å². The van der Waals surface area contributed by atoms with E-state index in [0.717, 1.165) is 25.0 Å². The van der Waals surface area contributed by atoms with Crippen LogP contribution < -0.4 is 5.32 Å². The number of carbonyl (C=O) groups is 2.